The van der Waals surface area contributed by atoms with Crippen molar-refractivity contribution in [1.29, 1.82) is 0 Å². The minimum absolute atomic E-state index is 0.0629. The molecule has 2 rings (SSSR count). The van der Waals surface area contributed by atoms with E-state index >= 15 is 0 Å². The van der Waals surface area contributed by atoms with Gasteiger partial charge < -0.3 is 10.0 Å². The van der Waals surface area contributed by atoms with Crippen molar-refractivity contribution in [2.75, 3.05) is 26.7 Å². The smallest absolute Gasteiger partial charge is 0.338 e. The highest BCUT2D eigenvalue weighted by Crippen LogP contribution is 2.21. The van der Waals surface area contributed by atoms with Crippen LogP contribution >= 0.6 is 0 Å². The Morgan fingerprint density at radius 2 is 2.05 bits per heavy atom. The average Bonchev–Trinajstić information content (AvgIpc) is 2.41. The van der Waals surface area contributed by atoms with E-state index in [1.54, 1.807) is 0 Å². The molecule has 8 heteroatoms. The molecule has 1 aliphatic heterocycles. The molecule has 1 unspecified atom stereocenters. The lowest BCUT2D eigenvalue weighted by molar-refractivity contribution is 0.0691. The first-order valence-corrected chi connectivity index (χ1v) is 7.90. The summed E-state index contributed by atoms with van der Waals surface area (Å²) in [5, 5.41) is 8.89. The molecule has 0 bridgehead atoms. The lowest BCUT2D eigenvalue weighted by Gasteiger charge is -2.36. The number of nitrogens with zero attached hydrogens (tertiary/aromatic N) is 2. The van der Waals surface area contributed by atoms with Crippen LogP contribution in [-0.4, -0.2) is 61.4 Å². The Bertz CT molecular complexity index is 662. The Hall–Kier alpha value is -1.51. The number of benzene rings is 1. The van der Waals surface area contributed by atoms with Gasteiger partial charge >= 0.3 is 5.97 Å². The molecule has 0 radical (unpaired) electrons. The second kappa shape index (κ2) is 5.70. The molecule has 0 aromatic heterocycles. The van der Waals surface area contributed by atoms with E-state index in [-0.39, 0.29) is 10.9 Å². The Balaban J connectivity index is 2.36. The first-order valence-electron chi connectivity index (χ1n) is 6.46. The summed E-state index contributed by atoms with van der Waals surface area (Å²) in [5.41, 5.74) is -0.641. The van der Waals surface area contributed by atoms with E-state index in [1.807, 2.05) is 18.9 Å². The third-order valence-electron chi connectivity index (χ3n) is 3.73. The molecule has 0 saturated carbocycles. The summed E-state index contributed by atoms with van der Waals surface area (Å²) >= 11 is 0. The van der Waals surface area contributed by atoms with Gasteiger partial charge in [-0.1, -0.05) is 0 Å². The van der Waals surface area contributed by atoms with E-state index in [1.165, 1.54) is 4.31 Å². The molecular weight excluding hydrogens is 299 g/mol. The van der Waals surface area contributed by atoms with Crippen molar-refractivity contribution in [3.05, 3.63) is 29.6 Å². The van der Waals surface area contributed by atoms with E-state index in [2.05, 4.69) is 0 Å². The maximum Gasteiger partial charge on any atom is 0.338 e. The van der Waals surface area contributed by atoms with Gasteiger partial charge in [0.05, 0.1) is 10.5 Å². The fourth-order valence-electron chi connectivity index (χ4n) is 2.21. The van der Waals surface area contributed by atoms with Gasteiger partial charge in [0, 0.05) is 25.7 Å². The topological polar surface area (TPSA) is 77.9 Å². The number of halogens is 1. The van der Waals surface area contributed by atoms with E-state index in [9.17, 15) is 17.6 Å². The number of carboxylic acid groups (broad SMARTS) is 1. The van der Waals surface area contributed by atoms with Crippen LogP contribution < -0.4 is 0 Å². The zero-order valence-electron chi connectivity index (χ0n) is 11.8. The van der Waals surface area contributed by atoms with Crippen LogP contribution in [0.2, 0.25) is 0 Å². The lowest BCUT2D eigenvalue weighted by atomic mass is 10.2. The molecule has 1 atom stereocenters. The van der Waals surface area contributed by atoms with Gasteiger partial charge in [-0.15, -0.1) is 0 Å². The lowest BCUT2D eigenvalue weighted by Crippen LogP contribution is -2.51. The largest absolute Gasteiger partial charge is 0.478 e. The third-order valence-corrected chi connectivity index (χ3v) is 5.59. The van der Waals surface area contributed by atoms with E-state index in [0.29, 0.717) is 19.6 Å². The van der Waals surface area contributed by atoms with Gasteiger partial charge in [-0.25, -0.2) is 17.6 Å². The summed E-state index contributed by atoms with van der Waals surface area (Å²) in [6.45, 7) is 3.14. The van der Waals surface area contributed by atoms with Gasteiger partial charge in [-0.2, -0.15) is 4.31 Å². The summed E-state index contributed by atoms with van der Waals surface area (Å²) < 4.78 is 39.7. The molecular formula is C13H17FN2O4S. The highest BCUT2D eigenvalue weighted by atomic mass is 32.2. The van der Waals surface area contributed by atoms with Gasteiger partial charge in [0.15, 0.2) is 0 Å². The minimum Gasteiger partial charge on any atom is -0.478 e. The molecule has 1 saturated heterocycles. The average molecular weight is 316 g/mol. The maximum atomic E-state index is 13.4. The van der Waals surface area contributed by atoms with Crippen LogP contribution in [0.5, 0.6) is 0 Å². The second-order valence-corrected chi connectivity index (χ2v) is 7.08. The van der Waals surface area contributed by atoms with Crippen LogP contribution in [-0.2, 0) is 10.0 Å². The molecule has 1 aromatic carbocycles. The normalized spacial score (nSPS) is 21.4. The first kappa shape index (κ1) is 15.9. The van der Waals surface area contributed by atoms with Crippen molar-refractivity contribution < 1.29 is 22.7 Å². The number of likely N-dealkylation sites (N-methyl/N-ethyl adjacent to an activating group) is 1. The molecule has 0 spiro atoms. The van der Waals surface area contributed by atoms with E-state index < -0.39 is 27.4 Å². The number of hydrogen-bond acceptors (Lipinski definition) is 4. The van der Waals surface area contributed by atoms with Gasteiger partial charge in [0.1, 0.15) is 5.82 Å². The molecule has 1 N–H and O–H groups in total. The molecule has 1 aliphatic rings. The standard InChI is InChI=1S/C13H17FN2O4S/c1-9-8-16(6-5-15(9)2)21(19,20)10-3-4-12(14)11(7-10)13(17)18/h3-4,7,9H,5-6,8H2,1-2H3,(H,17,18). The maximum absolute atomic E-state index is 13.4. The van der Waals surface area contributed by atoms with Gasteiger partial charge in [0.2, 0.25) is 10.0 Å². The van der Waals surface area contributed by atoms with Crippen LogP contribution in [0, 0.1) is 5.82 Å². The van der Waals surface area contributed by atoms with Crippen LogP contribution in [0.15, 0.2) is 23.1 Å². The van der Waals surface area contributed by atoms with Gasteiger partial charge in [-0.3, -0.25) is 0 Å². The van der Waals surface area contributed by atoms with Crippen molar-refractivity contribution in [3.8, 4) is 0 Å². The Morgan fingerprint density at radius 1 is 1.38 bits per heavy atom. The fraction of sp³-hybridized carbons (Fsp3) is 0.462. The monoisotopic (exact) mass is 316 g/mol. The molecule has 116 valence electrons. The van der Waals surface area contributed by atoms with Gasteiger partial charge in [0.25, 0.3) is 0 Å². The van der Waals surface area contributed by atoms with Crippen molar-refractivity contribution in [1.82, 2.24) is 9.21 Å². The third kappa shape index (κ3) is 3.07. The highest BCUT2D eigenvalue weighted by Gasteiger charge is 2.31. The van der Waals surface area contributed by atoms with Crippen molar-refractivity contribution in [2.24, 2.45) is 0 Å². The Morgan fingerprint density at radius 3 is 2.62 bits per heavy atom. The fourth-order valence-corrected chi connectivity index (χ4v) is 3.75. The number of aromatic carboxylic acids is 1. The molecule has 1 aromatic rings. The summed E-state index contributed by atoms with van der Waals surface area (Å²) in [6, 6.07) is 2.90. The van der Waals surface area contributed by atoms with Crippen molar-refractivity contribution >= 4 is 16.0 Å². The number of hydrogen-bond donors (Lipinski definition) is 1. The van der Waals surface area contributed by atoms with Crippen LogP contribution in [0.1, 0.15) is 17.3 Å². The molecule has 0 aliphatic carbocycles. The van der Waals surface area contributed by atoms with Crippen LogP contribution in [0.4, 0.5) is 4.39 Å². The predicted octanol–water partition coefficient (Wildman–Crippen LogP) is 0.849. The predicted molar refractivity (Wildman–Crippen MR) is 74.2 cm³/mol. The van der Waals surface area contributed by atoms with Crippen molar-refractivity contribution in [2.45, 2.75) is 17.9 Å². The number of rotatable bonds is 3. The SMILES string of the molecule is CC1CN(S(=O)(=O)c2ccc(F)c(C(=O)O)c2)CCN1C. The minimum atomic E-state index is -3.81. The van der Waals surface area contributed by atoms with E-state index in [0.717, 1.165) is 18.2 Å². The molecule has 21 heavy (non-hydrogen) atoms. The Kier molecular flexibility index (Phi) is 4.31. The molecule has 1 heterocycles. The highest BCUT2D eigenvalue weighted by molar-refractivity contribution is 7.89. The zero-order valence-corrected chi connectivity index (χ0v) is 12.6. The number of sulfonamides is 1. The Labute approximate surface area is 122 Å². The quantitative estimate of drug-likeness (QED) is 0.894. The van der Waals surface area contributed by atoms with Crippen LogP contribution in [0.3, 0.4) is 0 Å². The molecule has 6 nitrogen and oxygen atoms in total. The van der Waals surface area contributed by atoms with Crippen LogP contribution in [0.25, 0.3) is 0 Å². The number of carboxylic acids is 1. The molecule has 0 amide bonds. The summed E-state index contributed by atoms with van der Waals surface area (Å²) in [7, 11) is -1.90. The second-order valence-electron chi connectivity index (χ2n) is 5.14. The zero-order chi connectivity index (χ0) is 15.8. The first-order chi connectivity index (χ1) is 9.73. The van der Waals surface area contributed by atoms with Gasteiger partial charge in [-0.05, 0) is 32.2 Å². The number of carbonyl (C=O) groups is 1. The van der Waals surface area contributed by atoms with E-state index in [4.69, 9.17) is 5.11 Å². The summed E-state index contributed by atoms with van der Waals surface area (Å²) in [6.07, 6.45) is 0. The van der Waals surface area contributed by atoms with Crippen molar-refractivity contribution in [3.63, 3.8) is 0 Å². The summed E-state index contributed by atoms with van der Waals surface area (Å²) in [5.74, 6) is -2.44. The molecule has 1 fully saturated rings. The number of piperazine rings is 1. The summed E-state index contributed by atoms with van der Waals surface area (Å²) in [4.78, 5) is 12.8.